The monoisotopic (exact) mass is 436 g/mol. The van der Waals surface area contributed by atoms with Gasteiger partial charge in [0.2, 0.25) is 5.91 Å². The first kappa shape index (κ1) is 21.2. The first-order valence-corrected chi connectivity index (χ1v) is 10.1. The van der Waals surface area contributed by atoms with Crippen molar-refractivity contribution in [1.29, 1.82) is 0 Å². The lowest BCUT2D eigenvalue weighted by atomic mass is 10.0. The molecule has 0 aliphatic carbocycles. The molecule has 0 saturated carbocycles. The van der Waals surface area contributed by atoms with Crippen LogP contribution in [0.15, 0.2) is 64.7 Å². The first-order chi connectivity index (χ1) is 15.4. The van der Waals surface area contributed by atoms with Crippen molar-refractivity contribution in [1.82, 2.24) is 14.5 Å². The minimum absolute atomic E-state index is 0.0124. The summed E-state index contributed by atoms with van der Waals surface area (Å²) in [6, 6.07) is 9.44. The van der Waals surface area contributed by atoms with Gasteiger partial charge in [-0.3, -0.25) is 19.1 Å². The van der Waals surface area contributed by atoms with Crippen molar-refractivity contribution in [2.45, 2.75) is 6.04 Å². The molecule has 4 rings (SSSR count). The molecule has 2 aromatic carbocycles. The van der Waals surface area contributed by atoms with Gasteiger partial charge < -0.3 is 14.6 Å². The van der Waals surface area contributed by atoms with Crippen molar-refractivity contribution in [2.24, 2.45) is 0 Å². The number of hydrogen-bond acceptors (Lipinski definition) is 5. The Morgan fingerprint density at radius 2 is 1.91 bits per heavy atom. The second-order valence-electron chi connectivity index (χ2n) is 7.49. The number of anilines is 1. The number of H-pyrrole nitrogens is 1. The van der Waals surface area contributed by atoms with E-state index in [1.807, 2.05) is 0 Å². The molecule has 1 fully saturated rings. The molecule has 1 atom stereocenters. The number of aldehydes is 1. The summed E-state index contributed by atoms with van der Waals surface area (Å²) in [5, 5.41) is 0.255. The van der Waals surface area contributed by atoms with Crippen molar-refractivity contribution < 1.29 is 14.0 Å². The smallest absolute Gasteiger partial charge is 0.329 e. The molecule has 3 aromatic rings. The fraction of sp³-hybridized carbons (Fsp3) is 0.217. The Morgan fingerprint density at radius 1 is 1.12 bits per heavy atom. The maximum atomic E-state index is 14.7. The zero-order valence-corrected chi connectivity index (χ0v) is 17.2. The van der Waals surface area contributed by atoms with Crippen molar-refractivity contribution >= 4 is 28.8 Å². The van der Waals surface area contributed by atoms with E-state index >= 15 is 0 Å². The molecule has 8 nitrogen and oxygen atoms in total. The number of piperazine rings is 1. The predicted molar refractivity (Wildman–Crippen MR) is 118 cm³/mol. The van der Waals surface area contributed by atoms with E-state index in [0.717, 1.165) is 0 Å². The topological polar surface area (TPSA) is 95.5 Å². The van der Waals surface area contributed by atoms with Gasteiger partial charge in [-0.25, -0.2) is 9.18 Å². The van der Waals surface area contributed by atoms with Gasteiger partial charge in [-0.15, -0.1) is 6.58 Å². The normalized spacial score (nSPS) is 15.1. The molecule has 1 aliphatic heterocycles. The van der Waals surface area contributed by atoms with Crippen LogP contribution in [-0.4, -0.2) is 52.8 Å². The quantitative estimate of drug-likeness (QED) is 0.466. The Balaban J connectivity index is 1.77. The molecule has 0 radical (unpaired) electrons. The van der Waals surface area contributed by atoms with Gasteiger partial charge in [0.05, 0.1) is 23.1 Å². The SMILES string of the molecule is C=CCN1CCN(c2cc(C(C=O)n3c(=O)[nH]c(=O)c4ccccc43)ccc2F)CC1=O. The summed E-state index contributed by atoms with van der Waals surface area (Å²) in [6.45, 7) is 4.86. The van der Waals surface area contributed by atoms with E-state index in [0.29, 0.717) is 31.5 Å². The number of rotatable bonds is 6. The molecule has 1 N–H and O–H groups in total. The molecule has 32 heavy (non-hydrogen) atoms. The van der Waals surface area contributed by atoms with E-state index < -0.39 is 23.1 Å². The van der Waals surface area contributed by atoms with E-state index in [1.165, 1.54) is 22.8 Å². The Hall–Kier alpha value is -4.01. The number of aromatic nitrogens is 2. The number of hydrogen-bond donors (Lipinski definition) is 1. The summed E-state index contributed by atoms with van der Waals surface area (Å²) >= 11 is 0. The lowest BCUT2D eigenvalue weighted by Gasteiger charge is -2.35. The number of nitrogens with zero attached hydrogens (tertiary/aromatic N) is 3. The second kappa shape index (κ2) is 8.62. The largest absolute Gasteiger partial charge is 0.358 e. The molecular formula is C23H21FN4O4. The van der Waals surface area contributed by atoms with Crippen LogP contribution >= 0.6 is 0 Å². The Kier molecular flexibility index (Phi) is 5.72. The summed E-state index contributed by atoms with van der Waals surface area (Å²) in [5.41, 5.74) is -0.482. The van der Waals surface area contributed by atoms with Crippen molar-refractivity contribution in [2.75, 3.05) is 31.1 Å². The molecule has 1 saturated heterocycles. The molecule has 0 bridgehead atoms. The third-order valence-corrected chi connectivity index (χ3v) is 5.58. The number of carbonyl (C=O) groups excluding carboxylic acids is 2. The highest BCUT2D eigenvalue weighted by molar-refractivity contribution is 5.83. The van der Waals surface area contributed by atoms with E-state index in [4.69, 9.17) is 0 Å². The van der Waals surface area contributed by atoms with Crippen LogP contribution in [0.5, 0.6) is 0 Å². The zero-order chi connectivity index (χ0) is 22.8. The molecule has 1 unspecified atom stereocenters. The predicted octanol–water partition coefficient (Wildman–Crippen LogP) is 1.45. The number of aromatic amines is 1. The van der Waals surface area contributed by atoms with Crippen molar-refractivity contribution in [3.05, 3.63) is 87.3 Å². The highest BCUT2D eigenvalue weighted by atomic mass is 19.1. The van der Waals surface area contributed by atoms with Crippen LogP contribution in [0.2, 0.25) is 0 Å². The van der Waals surface area contributed by atoms with Gasteiger partial charge in [0, 0.05) is 19.6 Å². The highest BCUT2D eigenvalue weighted by Gasteiger charge is 2.26. The Bertz CT molecular complexity index is 1330. The molecule has 1 aliphatic rings. The Morgan fingerprint density at radius 3 is 2.62 bits per heavy atom. The van der Waals surface area contributed by atoms with Crippen molar-refractivity contribution in [3.63, 3.8) is 0 Å². The van der Waals surface area contributed by atoms with Crippen LogP contribution in [0, 0.1) is 5.82 Å². The lowest BCUT2D eigenvalue weighted by molar-refractivity contribution is -0.130. The van der Waals surface area contributed by atoms with Crippen LogP contribution in [0.1, 0.15) is 11.6 Å². The molecule has 2 heterocycles. The van der Waals surface area contributed by atoms with Gasteiger partial charge in [-0.2, -0.15) is 0 Å². The zero-order valence-electron chi connectivity index (χ0n) is 17.2. The van der Waals surface area contributed by atoms with Gasteiger partial charge in [-0.1, -0.05) is 24.3 Å². The van der Waals surface area contributed by atoms with Crippen LogP contribution < -0.4 is 16.1 Å². The third kappa shape index (κ3) is 3.73. The third-order valence-electron chi connectivity index (χ3n) is 5.58. The fourth-order valence-corrected chi connectivity index (χ4v) is 3.99. The summed E-state index contributed by atoms with van der Waals surface area (Å²) in [7, 11) is 0. The summed E-state index contributed by atoms with van der Waals surface area (Å²) < 4.78 is 15.9. The summed E-state index contributed by atoms with van der Waals surface area (Å²) in [6.07, 6.45) is 2.20. The maximum Gasteiger partial charge on any atom is 0.329 e. The van der Waals surface area contributed by atoms with Crippen LogP contribution in [0.3, 0.4) is 0 Å². The number of para-hydroxylation sites is 1. The molecular weight excluding hydrogens is 415 g/mol. The maximum absolute atomic E-state index is 14.7. The molecule has 1 amide bonds. The van der Waals surface area contributed by atoms with E-state index in [2.05, 4.69) is 11.6 Å². The number of amides is 1. The number of carbonyl (C=O) groups is 2. The standard InChI is InChI=1S/C23H21FN4O4/c1-2-9-26-10-11-27(13-21(26)30)19-12-15(7-8-17(19)24)20(14-29)28-18-6-4-3-5-16(18)22(31)25-23(28)32/h2-8,12,14,20H,1,9-11,13H2,(H,25,31,32). The van der Waals surface area contributed by atoms with Gasteiger partial charge >= 0.3 is 5.69 Å². The van der Waals surface area contributed by atoms with E-state index in [-0.39, 0.29) is 29.0 Å². The van der Waals surface area contributed by atoms with Crippen LogP contribution in [0.4, 0.5) is 10.1 Å². The van der Waals surface area contributed by atoms with Gasteiger partial charge in [-0.05, 0) is 29.8 Å². The van der Waals surface area contributed by atoms with E-state index in [9.17, 15) is 23.6 Å². The number of nitrogens with one attached hydrogen (secondary N) is 1. The molecule has 1 aromatic heterocycles. The molecule has 0 spiro atoms. The van der Waals surface area contributed by atoms with Crippen LogP contribution in [0.25, 0.3) is 10.9 Å². The van der Waals surface area contributed by atoms with Gasteiger partial charge in [0.1, 0.15) is 18.1 Å². The average molecular weight is 436 g/mol. The van der Waals surface area contributed by atoms with Crippen LogP contribution in [-0.2, 0) is 9.59 Å². The number of benzene rings is 2. The minimum Gasteiger partial charge on any atom is -0.358 e. The molecule has 9 heteroatoms. The summed E-state index contributed by atoms with van der Waals surface area (Å²) in [4.78, 5) is 54.7. The number of fused-ring (bicyclic) bond motifs is 1. The first-order valence-electron chi connectivity index (χ1n) is 10.1. The van der Waals surface area contributed by atoms with Gasteiger partial charge in [0.25, 0.3) is 5.56 Å². The molecule has 164 valence electrons. The summed E-state index contributed by atoms with van der Waals surface area (Å²) in [5.74, 6) is -0.696. The average Bonchev–Trinajstić information content (AvgIpc) is 2.79. The highest BCUT2D eigenvalue weighted by Crippen LogP contribution is 2.27. The lowest BCUT2D eigenvalue weighted by Crippen LogP contribution is -2.50. The second-order valence-corrected chi connectivity index (χ2v) is 7.49. The minimum atomic E-state index is -1.10. The van der Waals surface area contributed by atoms with E-state index in [1.54, 1.807) is 40.1 Å². The fourth-order valence-electron chi connectivity index (χ4n) is 3.99. The number of halogens is 1. The van der Waals surface area contributed by atoms with Crippen molar-refractivity contribution in [3.8, 4) is 0 Å². The Labute approximate surface area is 182 Å². The van der Waals surface area contributed by atoms with Gasteiger partial charge in [0.15, 0.2) is 0 Å².